The highest BCUT2D eigenvalue weighted by Crippen LogP contribution is 2.38. The van der Waals surface area contributed by atoms with Gasteiger partial charge in [0.2, 0.25) is 0 Å². The molecule has 0 atom stereocenters. The van der Waals surface area contributed by atoms with Crippen molar-refractivity contribution in [2.45, 2.75) is 26.2 Å². The Balaban J connectivity index is 1.95. The number of aromatic nitrogens is 1. The van der Waals surface area contributed by atoms with Crippen LogP contribution in [0.3, 0.4) is 0 Å². The van der Waals surface area contributed by atoms with Gasteiger partial charge in [-0.05, 0) is 19.1 Å². The highest BCUT2D eigenvalue weighted by molar-refractivity contribution is 5.98. The Morgan fingerprint density at radius 1 is 1.21 bits per heavy atom. The standard InChI is InChI=1S/C18H16F3N5O2/c1-10-2-4-11(5-3-10)24-17(28)25-6-7-26-13(9-25)14(16(23)27)12(8-22)15(26)18(19,20)21/h2-5H,6-7,9H2,1H3,(H2,23,27)(H,24,28). The van der Waals surface area contributed by atoms with Crippen LogP contribution in [0.2, 0.25) is 0 Å². The van der Waals surface area contributed by atoms with Gasteiger partial charge in [0.1, 0.15) is 11.8 Å². The lowest BCUT2D eigenvalue weighted by molar-refractivity contribution is -0.144. The zero-order valence-corrected chi connectivity index (χ0v) is 14.8. The molecule has 1 aliphatic heterocycles. The van der Waals surface area contributed by atoms with Gasteiger partial charge < -0.3 is 20.5 Å². The minimum absolute atomic E-state index is 0.0223. The van der Waals surface area contributed by atoms with Crippen LogP contribution in [0.25, 0.3) is 0 Å². The maximum absolute atomic E-state index is 13.5. The van der Waals surface area contributed by atoms with E-state index < -0.39 is 34.9 Å². The number of primary amides is 1. The minimum Gasteiger partial charge on any atom is -0.366 e. The Kier molecular flexibility index (Phi) is 4.77. The molecule has 0 aliphatic carbocycles. The van der Waals surface area contributed by atoms with Crippen LogP contribution in [-0.4, -0.2) is 28.0 Å². The zero-order valence-electron chi connectivity index (χ0n) is 14.8. The number of aryl methyl sites for hydroxylation is 1. The van der Waals surface area contributed by atoms with E-state index in [0.29, 0.717) is 5.69 Å². The van der Waals surface area contributed by atoms with Gasteiger partial charge >= 0.3 is 12.2 Å². The summed E-state index contributed by atoms with van der Waals surface area (Å²) in [5.74, 6) is -1.14. The summed E-state index contributed by atoms with van der Waals surface area (Å²) in [7, 11) is 0. The first-order valence-electron chi connectivity index (χ1n) is 8.28. The third kappa shape index (κ3) is 3.38. The van der Waals surface area contributed by atoms with Crippen molar-refractivity contribution in [2.75, 3.05) is 11.9 Å². The second-order valence-electron chi connectivity index (χ2n) is 6.39. The van der Waals surface area contributed by atoms with E-state index in [1.165, 1.54) is 11.0 Å². The van der Waals surface area contributed by atoms with Crippen LogP contribution in [-0.2, 0) is 19.3 Å². The average Bonchev–Trinajstić information content (AvgIpc) is 2.97. The molecule has 2 aromatic rings. The third-order valence-corrected chi connectivity index (χ3v) is 4.52. The van der Waals surface area contributed by atoms with Gasteiger partial charge in [-0.3, -0.25) is 4.79 Å². The molecule has 0 spiro atoms. The highest BCUT2D eigenvalue weighted by Gasteiger charge is 2.43. The molecule has 0 bridgehead atoms. The molecule has 3 amide bonds. The maximum atomic E-state index is 13.5. The molecule has 0 unspecified atom stereocenters. The number of nitriles is 1. The molecule has 3 rings (SSSR count). The first kappa shape index (κ1) is 19.3. The van der Waals surface area contributed by atoms with Crippen LogP contribution in [0.4, 0.5) is 23.7 Å². The van der Waals surface area contributed by atoms with Crippen LogP contribution in [0, 0.1) is 18.3 Å². The van der Waals surface area contributed by atoms with Crippen molar-refractivity contribution in [3.05, 3.63) is 52.3 Å². The molecule has 0 fully saturated rings. The largest absolute Gasteiger partial charge is 0.432 e. The maximum Gasteiger partial charge on any atom is 0.432 e. The van der Waals surface area contributed by atoms with Gasteiger partial charge in [0.15, 0.2) is 0 Å². The number of nitrogens with one attached hydrogen (secondary N) is 1. The monoisotopic (exact) mass is 391 g/mol. The number of hydrogen-bond donors (Lipinski definition) is 2. The summed E-state index contributed by atoms with van der Waals surface area (Å²) in [4.78, 5) is 25.5. The van der Waals surface area contributed by atoms with E-state index in [4.69, 9.17) is 5.73 Å². The van der Waals surface area contributed by atoms with Crippen LogP contribution < -0.4 is 11.1 Å². The van der Waals surface area contributed by atoms with Crippen molar-refractivity contribution in [2.24, 2.45) is 5.73 Å². The molecule has 2 heterocycles. The Morgan fingerprint density at radius 2 is 1.86 bits per heavy atom. The van der Waals surface area contributed by atoms with Gasteiger partial charge in [-0.2, -0.15) is 18.4 Å². The fourth-order valence-electron chi connectivity index (χ4n) is 3.24. The normalized spacial score (nSPS) is 13.6. The first-order chi connectivity index (χ1) is 13.1. The number of nitrogens with two attached hydrogens (primary N) is 1. The fraction of sp³-hybridized carbons (Fsp3) is 0.278. The molecule has 0 radical (unpaired) electrons. The number of hydrogen-bond acceptors (Lipinski definition) is 3. The molecule has 0 saturated carbocycles. The number of amides is 3. The molecule has 1 aliphatic rings. The molecular formula is C18H16F3N5O2. The quantitative estimate of drug-likeness (QED) is 0.822. The van der Waals surface area contributed by atoms with Crippen molar-refractivity contribution in [1.29, 1.82) is 5.26 Å². The summed E-state index contributed by atoms with van der Waals surface area (Å²) >= 11 is 0. The Labute approximate surface area is 158 Å². The van der Waals surface area contributed by atoms with E-state index in [9.17, 15) is 28.0 Å². The molecule has 0 saturated heterocycles. The number of halogens is 3. The van der Waals surface area contributed by atoms with Crippen LogP contribution in [0.1, 0.15) is 32.9 Å². The summed E-state index contributed by atoms with van der Waals surface area (Å²) in [6, 6.07) is 7.91. The second-order valence-corrected chi connectivity index (χ2v) is 6.39. The molecule has 7 nitrogen and oxygen atoms in total. The molecular weight excluding hydrogens is 375 g/mol. The Bertz CT molecular complexity index is 987. The lowest BCUT2D eigenvalue weighted by Gasteiger charge is -2.30. The third-order valence-electron chi connectivity index (χ3n) is 4.52. The molecule has 1 aromatic heterocycles. The lowest BCUT2D eigenvalue weighted by atomic mass is 10.1. The van der Waals surface area contributed by atoms with Crippen molar-refractivity contribution >= 4 is 17.6 Å². The number of carbonyl (C=O) groups is 2. The summed E-state index contributed by atoms with van der Waals surface area (Å²) in [5.41, 5.74) is 4.16. The number of benzene rings is 1. The van der Waals surface area contributed by atoms with Crippen LogP contribution in [0.5, 0.6) is 0 Å². The van der Waals surface area contributed by atoms with Gasteiger partial charge in [-0.25, -0.2) is 4.79 Å². The fourth-order valence-corrected chi connectivity index (χ4v) is 3.24. The second kappa shape index (κ2) is 6.92. The van der Waals surface area contributed by atoms with E-state index in [-0.39, 0.29) is 25.3 Å². The number of urea groups is 1. The zero-order chi connectivity index (χ0) is 20.6. The Morgan fingerprint density at radius 3 is 2.39 bits per heavy atom. The number of carbonyl (C=O) groups excluding carboxylic acids is 2. The van der Waals surface area contributed by atoms with E-state index in [2.05, 4.69) is 5.32 Å². The number of fused-ring (bicyclic) bond motifs is 1. The van der Waals surface area contributed by atoms with Crippen molar-refractivity contribution in [3.8, 4) is 6.07 Å². The van der Waals surface area contributed by atoms with Gasteiger partial charge in [0.05, 0.1) is 23.4 Å². The highest BCUT2D eigenvalue weighted by atomic mass is 19.4. The number of rotatable bonds is 2. The van der Waals surface area contributed by atoms with E-state index in [1.807, 2.05) is 6.92 Å². The van der Waals surface area contributed by atoms with Gasteiger partial charge in [-0.15, -0.1) is 0 Å². The van der Waals surface area contributed by atoms with Gasteiger partial charge in [0.25, 0.3) is 5.91 Å². The number of anilines is 1. The van der Waals surface area contributed by atoms with E-state index in [1.54, 1.807) is 24.3 Å². The predicted octanol–water partition coefficient (Wildman–Crippen LogP) is 2.83. The smallest absolute Gasteiger partial charge is 0.366 e. The predicted molar refractivity (Wildman–Crippen MR) is 93.3 cm³/mol. The molecule has 1 aromatic carbocycles. The van der Waals surface area contributed by atoms with Crippen molar-refractivity contribution < 1.29 is 22.8 Å². The minimum atomic E-state index is -4.83. The van der Waals surface area contributed by atoms with Crippen molar-refractivity contribution in [3.63, 3.8) is 0 Å². The Hall–Kier alpha value is -3.48. The molecule has 146 valence electrons. The summed E-state index contributed by atoms with van der Waals surface area (Å²) in [5, 5.41) is 11.8. The number of nitrogens with zero attached hydrogens (tertiary/aromatic N) is 3. The van der Waals surface area contributed by atoms with E-state index in [0.717, 1.165) is 10.1 Å². The molecule has 28 heavy (non-hydrogen) atoms. The van der Waals surface area contributed by atoms with Gasteiger partial charge in [0, 0.05) is 18.8 Å². The van der Waals surface area contributed by atoms with Gasteiger partial charge in [-0.1, -0.05) is 17.7 Å². The lowest BCUT2D eigenvalue weighted by Crippen LogP contribution is -2.42. The van der Waals surface area contributed by atoms with Crippen LogP contribution >= 0.6 is 0 Å². The molecule has 10 heteroatoms. The summed E-state index contributed by atoms with van der Waals surface area (Å²) < 4.78 is 41.2. The SMILES string of the molecule is Cc1ccc(NC(=O)N2CCn3c(c(C(N)=O)c(C#N)c3C(F)(F)F)C2)cc1. The van der Waals surface area contributed by atoms with Crippen molar-refractivity contribution in [1.82, 2.24) is 9.47 Å². The average molecular weight is 391 g/mol. The molecule has 3 N–H and O–H groups in total. The number of alkyl halides is 3. The topological polar surface area (TPSA) is 104 Å². The first-order valence-corrected chi connectivity index (χ1v) is 8.28. The summed E-state index contributed by atoms with van der Waals surface area (Å²) in [6.45, 7) is 1.38. The van der Waals surface area contributed by atoms with E-state index >= 15 is 0 Å². The summed E-state index contributed by atoms with van der Waals surface area (Å²) in [6.07, 6.45) is -4.83. The van der Waals surface area contributed by atoms with Crippen LogP contribution in [0.15, 0.2) is 24.3 Å².